The minimum atomic E-state index is -0.697. The van der Waals surface area contributed by atoms with Crippen molar-refractivity contribution >= 4 is 5.97 Å². The first kappa shape index (κ1) is 14.5. The summed E-state index contributed by atoms with van der Waals surface area (Å²) in [6.07, 6.45) is 5.55. The molecule has 1 N–H and O–H groups in total. The predicted octanol–water partition coefficient (Wildman–Crippen LogP) is 3.14. The van der Waals surface area contributed by atoms with E-state index >= 15 is 0 Å². The molecule has 0 saturated heterocycles. The fourth-order valence-electron chi connectivity index (χ4n) is 3.35. The van der Waals surface area contributed by atoms with E-state index in [2.05, 4.69) is 25.7 Å². The second-order valence-electron chi connectivity index (χ2n) is 5.90. The van der Waals surface area contributed by atoms with Gasteiger partial charge in [-0.05, 0) is 38.6 Å². The second kappa shape index (κ2) is 5.85. The van der Waals surface area contributed by atoms with Gasteiger partial charge in [0.25, 0.3) is 0 Å². The largest absolute Gasteiger partial charge is 0.480 e. The van der Waals surface area contributed by atoms with Crippen molar-refractivity contribution in [3.63, 3.8) is 0 Å². The van der Waals surface area contributed by atoms with Gasteiger partial charge in [-0.1, -0.05) is 33.6 Å². The summed E-state index contributed by atoms with van der Waals surface area (Å²) in [5.41, 5.74) is -0.697. The van der Waals surface area contributed by atoms with Gasteiger partial charge in [0.15, 0.2) is 0 Å². The topological polar surface area (TPSA) is 40.5 Å². The number of likely N-dealkylation sites (N-methyl/N-ethyl adjacent to an activating group) is 1. The van der Waals surface area contributed by atoms with Gasteiger partial charge < -0.3 is 5.11 Å². The van der Waals surface area contributed by atoms with Crippen LogP contribution in [0.4, 0.5) is 0 Å². The molecule has 0 heterocycles. The first-order chi connectivity index (χ1) is 7.91. The fourth-order valence-corrected chi connectivity index (χ4v) is 3.35. The number of aliphatic carboxylic acids is 1. The lowest BCUT2D eigenvalue weighted by Crippen LogP contribution is -2.56. The molecule has 1 saturated carbocycles. The summed E-state index contributed by atoms with van der Waals surface area (Å²) in [5.74, 6) is -0.258. The monoisotopic (exact) mass is 241 g/mol. The minimum absolute atomic E-state index is 0.409. The number of carboxylic acids is 1. The average molecular weight is 241 g/mol. The molecule has 0 radical (unpaired) electrons. The van der Waals surface area contributed by atoms with E-state index < -0.39 is 11.5 Å². The van der Waals surface area contributed by atoms with Crippen molar-refractivity contribution in [2.45, 2.75) is 71.4 Å². The van der Waals surface area contributed by atoms with Gasteiger partial charge in [-0.15, -0.1) is 0 Å². The Labute approximate surface area is 105 Å². The molecule has 3 heteroatoms. The lowest BCUT2D eigenvalue weighted by Gasteiger charge is -2.42. The summed E-state index contributed by atoms with van der Waals surface area (Å²) < 4.78 is 0. The van der Waals surface area contributed by atoms with Gasteiger partial charge in [0.2, 0.25) is 0 Å². The Morgan fingerprint density at radius 2 is 1.94 bits per heavy atom. The van der Waals surface area contributed by atoms with Crippen LogP contribution >= 0.6 is 0 Å². The molecule has 0 aromatic rings. The molecule has 0 aliphatic heterocycles. The summed E-state index contributed by atoms with van der Waals surface area (Å²) in [6, 6.07) is 0.472. The fraction of sp³-hybridized carbons (Fsp3) is 0.929. The third-order valence-corrected chi connectivity index (χ3v) is 4.01. The van der Waals surface area contributed by atoms with Crippen molar-refractivity contribution in [2.24, 2.45) is 5.92 Å². The van der Waals surface area contributed by atoms with Crippen LogP contribution in [0.1, 0.15) is 59.8 Å². The highest BCUT2D eigenvalue weighted by molar-refractivity contribution is 5.78. The number of carboxylic acid groups (broad SMARTS) is 1. The molecule has 1 rings (SSSR count). The van der Waals surface area contributed by atoms with E-state index in [1.165, 1.54) is 12.8 Å². The highest BCUT2D eigenvalue weighted by Crippen LogP contribution is 2.32. The molecule has 3 nitrogen and oxygen atoms in total. The van der Waals surface area contributed by atoms with E-state index in [-0.39, 0.29) is 0 Å². The number of nitrogens with zero attached hydrogens (tertiary/aromatic N) is 1. The molecular formula is C14H27NO2. The minimum Gasteiger partial charge on any atom is -0.480 e. The zero-order valence-electron chi connectivity index (χ0n) is 11.7. The summed E-state index contributed by atoms with van der Waals surface area (Å²) >= 11 is 0. The highest BCUT2D eigenvalue weighted by Gasteiger charge is 2.42. The number of carbonyl (C=O) groups is 1. The van der Waals surface area contributed by atoms with Crippen molar-refractivity contribution in [3.05, 3.63) is 0 Å². The summed E-state index contributed by atoms with van der Waals surface area (Å²) in [7, 11) is 0. The molecule has 1 unspecified atom stereocenters. The Morgan fingerprint density at radius 1 is 1.41 bits per heavy atom. The third-order valence-electron chi connectivity index (χ3n) is 4.01. The van der Waals surface area contributed by atoms with Crippen molar-refractivity contribution in [1.82, 2.24) is 4.90 Å². The van der Waals surface area contributed by atoms with Crippen molar-refractivity contribution in [1.29, 1.82) is 0 Å². The van der Waals surface area contributed by atoms with E-state index in [1.807, 2.05) is 6.92 Å². The summed E-state index contributed by atoms with van der Waals surface area (Å²) in [4.78, 5) is 13.9. The smallest absolute Gasteiger partial charge is 0.323 e. The summed E-state index contributed by atoms with van der Waals surface area (Å²) in [5, 5.41) is 9.60. The first-order valence-corrected chi connectivity index (χ1v) is 6.92. The van der Waals surface area contributed by atoms with Crippen LogP contribution in [0.2, 0.25) is 0 Å². The maximum absolute atomic E-state index is 11.7. The molecule has 0 spiro atoms. The first-order valence-electron chi connectivity index (χ1n) is 6.92. The third kappa shape index (κ3) is 3.21. The van der Waals surface area contributed by atoms with Crippen LogP contribution in [-0.2, 0) is 4.79 Å². The van der Waals surface area contributed by atoms with Crippen LogP contribution in [0.25, 0.3) is 0 Å². The van der Waals surface area contributed by atoms with E-state index in [1.54, 1.807) is 0 Å². The Morgan fingerprint density at radius 3 is 2.29 bits per heavy atom. The number of rotatable bonds is 6. The molecule has 100 valence electrons. The van der Waals surface area contributed by atoms with Crippen LogP contribution in [0.15, 0.2) is 0 Å². The molecule has 1 fully saturated rings. The van der Waals surface area contributed by atoms with Crippen LogP contribution < -0.4 is 0 Å². The van der Waals surface area contributed by atoms with Crippen LogP contribution in [0, 0.1) is 5.92 Å². The van der Waals surface area contributed by atoms with Gasteiger partial charge in [0.05, 0.1) is 0 Å². The maximum Gasteiger partial charge on any atom is 0.323 e. The standard InChI is InChI=1S/C14H27NO2/c1-5-15(12-8-6-7-9-12)14(4,13(16)17)10-11(2)3/h11-12H,5-10H2,1-4H3,(H,16,17). The van der Waals surface area contributed by atoms with Gasteiger partial charge in [-0.25, -0.2) is 0 Å². The maximum atomic E-state index is 11.7. The van der Waals surface area contributed by atoms with E-state index in [0.29, 0.717) is 12.0 Å². The number of hydrogen-bond donors (Lipinski definition) is 1. The normalized spacial score (nSPS) is 21.1. The molecule has 1 atom stereocenters. The molecule has 17 heavy (non-hydrogen) atoms. The Bertz CT molecular complexity index is 259. The van der Waals surface area contributed by atoms with E-state index in [4.69, 9.17) is 0 Å². The molecular weight excluding hydrogens is 214 g/mol. The molecule has 0 amide bonds. The zero-order valence-corrected chi connectivity index (χ0v) is 11.7. The molecule has 0 aromatic carbocycles. The van der Waals surface area contributed by atoms with Gasteiger partial charge in [-0.2, -0.15) is 0 Å². The van der Waals surface area contributed by atoms with E-state index in [9.17, 15) is 9.90 Å². The zero-order chi connectivity index (χ0) is 13.1. The van der Waals surface area contributed by atoms with Crippen LogP contribution in [0.5, 0.6) is 0 Å². The quantitative estimate of drug-likeness (QED) is 0.776. The van der Waals surface area contributed by atoms with Crippen molar-refractivity contribution < 1.29 is 9.90 Å². The Balaban J connectivity index is 2.88. The average Bonchev–Trinajstić information content (AvgIpc) is 2.70. The molecule has 1 aliphatic carbocycles. The van der Waals surface area contributed by atoms with Gasteiger partial charge in [0.1, 0.15) is 5.54 Å². The Kier molecular flexibility index (Phi) is 4.99. The van der Waals surface area contributed by atoms with Gasteiger partial charge >= 0.3 is 5.97 Å². The van der Waals surface area contributed by atoms with Crippen LogP contribution in [0.3, 0.4) is 0 Å². The van der Waals surface area contributed by atoms with Crippen molar-refractivity contribution in [2.75, 3.05) is 6.54 Å². The molecule has 1 aliphatic rings. The van der Waals surface area contributed by atoms with Crippen molar-refractivity contribution in [3.8, 4) is 0 Å². The second-order valence-corrected chi connectivity index (χ2v) is 5.90. The van der Waals surface area contributed by atoms with Gasteiger partial charge in [-0.3, -0.25) is 9.69 Å². The predicted molar refractivity (Wildman–Crippen MR) is 70.1 cm³/mol. The van der Waals surface area contributed by atoms with E-state index in [0.717, 1.165) is 25.8 Å². The SMILES string of the molecule is CCN(C1CCCC1)C(C)(CC(C)C)C(=O)O. The van der Waals surface area contributed by atoms with Crippen LogP contribution in [-0.4, -0.2) is 34.1 Å². The lowest BCUT2D eigenvalue weighted by atomic mass is 9.87. The number of hydrogen-bond acceptors (Lipinski definition) is 2. The highest BCUT2D eigenvalue weighted by atomic mass is 16.4. The summed E-state index contributed by atoms with van der Waals surface area (Å²) in [6.45, 7) is 9.02. The molecule has 0 bridgehead atoms. The van der Waals surface area contributed by atoms with Gasteiger partial charge in [0, 0.05) is 6.04 Å². The lowest BCUT2D eigenvalue weighted by molar-refractivity contribution is -0.153. The Hall–Kier alpha value is -0.570. The molecule has 0 aromatic heterocycles.